The summed E-state index contributed by atoms with van der Waals surface area (Å²) in [6.45, 7) is 4.37. The Kier molecular flexibility index (Phi) is 9.06. The van der Waals surface area contributed by atoms with Crippen LogP contribution in [0.2, 0.25) is 0 Å². The first-order valence-electron chi connectivity index (χ1n) is 9.37. The van der Waals surface area contributed by atoms with Crippen LogP contribution in [0.4, 0.5) is 0 Å². The Labute approximate surface area is 183 Å². The van der Waals surface area contributed by atoms with Crippen molar-refractivity contribution in [2.45, 2.75) is 26.3 Å². The van der Waals surface area contributed by atoms with Gasteiger partial charge in [-0.2, -0.15) is 0 Å². The van der Waals surface area contributed by atoms with E-state index in [4.69, 9.17) is 4.74 Å². The number of ether oxygens (including phenoxy) is 1. The highest BCUT2D eigenvalue weighted by molar-refractivity contribution is 14.0. The summed E-state index contributed by atoms with van der Waals surface area (Å²) in [6.07, 6.45) is 1.88. The summed E-state index contributed by atoms with van der Waals surface area (Å²) in [6, 6.07) is 16.1. The van der Waals surface area contributed by atoms with E-state index >= 15 is 0 Å². The number of hydrogen-bond donors (Lipinski definition) is 3. The van der Waals surface area contributed by atoms with E-state index < -0.39 is 0 Å². The van der Waals surface area contributed by atoms with Crippen molar-refractivity contribution in [3.8, 4) is 5.75 Å². The van der Waals surface area contributed by atoms with Crippen LogP contribution >= 0.6 is 24.0 Å². The Morgan fingerprint density at radius 3 is 2.61 bits per heavy atom. The summed E-state index contributed by atoms with van der Waals surface area (Å²) in [5.41, 5.74) is 3.26. The maximum Gasteiger partial charge on any atom is 0.191 e. The Bertz CT molecular complexity index is 843. The first-order chi connectivity index (χ1) is 13.3. The molecule has 0 aliphatic heterocycles. The van der Waals surface area contributed by atoms with Crippen LogP contribution < -0.4 is 15.4 Å². The summed E-state index contributed by atoms with van der Waals surface area (Å²) in [5, 5.41) is 6.68. The summed E-state index contributed by atoms with van der Waals surface area (Å²) in [5.74, 6) is 2.72. The van der Waals surface area contributed by atoms with E-state index in [1.54, 1.807) is 7.11 Å². The number of rotatable bonds is 8. The Morgan fingerprint density at radius 2 is 1.89 bits per heavy atom. The molecule has 3 N–H and O–H groups in total. The molecule has 3 rings (SSSR count). The molecule has 7 heteroatoms. The molecular formula is C21H28IN5O. The predicted molar refractivity (Wildman–Crippen MR) is 126 cm³/mol. The highest BCUT2D eigenvalue weighted by Gasteiger charge is 2.03. The molecule has 0 saturated carbocycles. The summed E-state index contributed by atoms with van der Waals surface area (Å²) in [4.78, 5) is 12.6. The van der Waals surface area contributed by atoms with E-state index in [1.165, 1.54) is 0 Å². The second-order valence-electron chi connectivity index (χ2n) is 6.27. The van der Waals surface area contributed by atoms with Gasteiger partial charge in [-0.05, 0) is 43.2 Å². The van der Waals surface area contributed by atoms with Gasteiger partial charge in [0.2, 0.25) is 0 Å². The van der Waals surface area contributed by atoms with Gasteiger partial charge in [-0.25, -0.2) is 9.98 Å². The van der Waals surface area contributed by atoms with Crippen molar-refractivity contribution in [2.24, 2.45) is 4.99 Å². The van der Waals surface area contributed by atoms with Crippen LogP contribution in [0.3, 0.4) is 0 Å². The third-order valence-corrected chi connectivity index (χ3v) is 4.24. The van der Waals surface area contributed by atoms with Crippen LogP contribution in [0.1, 0.15) is 24.7 Å². The number of hydrogen-bond acceptors (Lipinski definition) is 3. The van der Waals surface area contributed by atoms with E-state index in [9.17, 15) is 0 Å². The molecular weight excluding hydrogens is 465 g/mol. The molecule has 0 fully saturated rings. The summed E-state index contributed by atoms with van der Waals surface area (Å²) in [7, 11) is 1.67. The molecule has 0 atom stereocenters. The molecule has 0 spiro atoms. The number of para-hydroxylation sites is 2. The minimum atomic E-state index is 0. The van der Waals surface area contributed by atoms with E-state index in [-0.39, 0.29) is 24.0 Å². The second-order valence-corrected chi connectivity index (χ2v) is 6.27. The topological polar surface area (TPSA) is 74.3 Å². The molecule has 0 aliphatic rings. The number of imidazole rings is 1. The van der Waals surface area contributed by atoms with Crippen LogP contribution in [0, 0.1) is 0 Å². The summed E-state index contributed by atoms with van der Waals surface area (Å²) >= 11 is 0. The van der Waals surface area contributed by atoms with Crippen molar-refractivity contribution in [1.29, 1.82) is 0 Å². The van der Waals surface area contributed by atoms with Crippen LogP contribution in [-0.4, -0.2) is 36.1 Å². The Hall–Kier alpha value is -2.29. The quantitative estimate of drug-likeness (QED) is 0.193. The number of aromatic nitrogens is 2. The maximum absolute atomic E-state index is 5.19. The van der Waals surface area contributed by atoms with E-state index in [1.807, 2.05) is 42.5 Å². The number of nitrogens with one attached hydrogen (secondary N) is 3. The number of aromatic amines is 1. The van der Waals surface area contributed by atoms with Gasteiger partial charge in [0.1, 0.15) is 11.6 Å². The molecule has 0 aliphatic carbocycles. The van der Waals surface area contributed by atoms with Gasteiger partial charge in [0, 0.05) is 19.5 Å². The number of H-pyrrole nitrogens is 1. The second kappa shape index (κ2) is 11.5. The molecule has 0 saturated heterocycles. The zero-order valence-corrected chi connectivity index (χ0v) is 18.7. The number of aliphatic imine (C=N–C) groups is 1. The van der Waals surface area contributed by atoms with Gasteiger partial charge in [0.15, 0.2) is 5.96 Å². The van der Waals surface area contributed by atoms with Crippen LogP contribution in [0.15, 0.2) is 53.5 Å². The van der Waals surface area contributed by atoms with Gasteiger partial charge in [0.05, 0.1) is 24.7 Å². The Balaban J connectivity index is 0.00000280. The van der Waals surface area contributed by atoms with Crippen LogP contribution in [-0.2, 0) is 13.0 Å². The fraction of sp³-hybridized carbons (Fsp3) is 0.333. The third kappa shape index (κ3) is 6.40. The van der Waals surface area contributed by atoms with Gasteiger partial charge in [-0.15, -0.1) is 24.0 Å². The molecule has 0 unspecified atom stereocenters. The number of halogens is 1. The first-order valence-corrected chi connectivity index (χ1v) is 9.37. The lowest BCUT2D eigenvalue weighted by Gasteiger charge is -2.11. The number of methoxy groups -OCH3 is 1. The minimum absolute atomic E-state index is 0. The molecule has 2 aromatic carbocycles. The van der Waals surface area contributed by atoms with Crippen molar-refractivity contribution in [3.05, 3.63) is 59.9 Å². The lowest BCUT2D eigenvalue weighted by molar-refractivity contribution is 0.414. The number of benzene rings is 2. The monoisotopic (exact) mass is 493 g/mol. The molecule has 1 heterocycles. The molecule has 28 heavy (non-hydrogen) atoms. The highest BCUT2D eigenvalue weighted by Crippen LogP contribution is 2.12. The number of fused-ring (bicyclic) bond motifs is 1. The van der Waals surface area contributed by atoms with Gasteiger partial charge in [0.25, 0.3) is 0 Å². The van der Waals surface area contributed by atoms with Gasteiger partial charge in [-0.1, -0.05) is 24.3 Å². The van der Waals surface area contributed by atoms with Gasteiger partial charge < -0.3 is 20.4 Å². The fourth-order valence-corrected chi connectivity index (χ4v) is 2.83. The lowest BCUT2D eigenvalue weighted by Crippen LogP contribution is -2.37. The SMILES string of the molecule is CCNC(=NCc1ccc(OC)cc1)NCCCc1nc2ccccc2[nH]1.I. The maximum atomic E-state index is 5.19. The standard InChI is InChI=1S/C21H27N5O.HI/c1-3-22-21(24-15-16-10-12-17(27-2)13-11-16)23-14-6-9-20-25-18-7-4-5-8-19(18)26-20;/h4-5,7-8,10-13H,3,6,9,14-15H2,1-2H3,(H,25,26)(H2,22,23,24);1H. The molecule has 0 bridgehead atoms. The van der Waals surface area contributed by atoms with E-state index in [0.717, 1.165) is 60.1 Å². The van der Waals surface area contributed by atoms with Crippen molar-refractivity contribution >= 4 is 41.0 Å². The van der Waals surface area contributed by atoms with Gasteiger partial charge >= 0.3 is 0 Å². The third-order valence-electron chi connectivity index (χ3n) is 4.24. The average Bonchev–Trinajstić information content (AvgIpc) is 3.12. The number of aryl methyl sites for hydroxylation is 1. The van der Waals surface area contributed by atoms with Crippen LogP contribution in [0.25, 0.3) is 11.0 Å². The van der Waals surface area contributed by atoms with E-state index in [0.29, 0.717) is 6.54 Å². The smallest absolute Gasteiger partial charge is 0.191 e. The van der Waals surface area contributed by atoms with Crippen molar-refractivity contribution in [3.63, 3.8) is 0 Å². The number of guanidine groups is 1. The normalized spacial score (nSPS) is 11.1. The highest BCUT2D eigenvalue weighted by atomic mass is 127. The zero-order chi connectivity index (χ0) is 18.9. The molecule has 0 radical (unpaired) electrons. The molecule has 0 amide bonds. The van der Waals surface area contributed by atoms with Crippen LogP contribution in [0.5, 0.6) is 5.75 Å². The lowest BCUT2D eigenvalue weighted by atomic mass is 10.2. The Morgan fingerprint density at radius 1 is 1.11 bits per heavy atom. The molecule has 3 aromatic rings. The van der Waals surface area contributed by atoms with Crippen molar-refractivity contribution in [1.82, 2.24) is 20.6 Å². The first kappa shape index (κ1) is 22.0. The fourth-order valence-electron chi connectivity index (χ4n) is 2.83. The zero-order valence-electron chi connectivity index (χ0n) is 16.4. The average molecular weight is 493 g/mol. The predicted octanol–water partition coefficient (Wildman–Crippen LogP) is 3.88. The molecule has 6 nitrogen and oxygen atoms in total. The van der Waals surface area contributed by atoms with Crippen molar-refractivity contribution < 1.29 is 4.74 Å². The largest absolute Gasteiger partial charge is 0.497 e. The van der Waals surface area contributed by atoms with Crippen molar-refractivity contribution in [2.75, 3.05) is 20.2 Å². The van der Waals surface area contributed by atoms with E-state index in [2.05, 4.69) is 38.6 Å². The van der Waals surface area contributed by atoms with Gasteiger partial charge in [-0.3, -0.25) is 0 Å². The molecule has 1 aromatic heterocycles. The number of nitrogens with zero attached hydrogens (tertiary/aromatic N) is 2. The summed E-state index contributed by atoms with van der Waals surface area (Å²) < 4.78 is 5.19. The minimum Gasteiger partial charge on any atom is -0.497 e. The molecule has 150 valence electrons.